The van der Waals surface area contributed by atoms with E-state index in [-0.39, 0.29) is 49.8 Å². The highest BCUT2D eigenvalue weighted by molar-refractivity contribution is 5.87. The monoisotopic (exact) mass is 548 g/mol. The van der Waals surface area contributed by atoms with Crippen LogP contribution in [-0.4, -0.2) is 72.5 Å². The number of hydrogen-bond donors (Lipinski definition) is 1. The first-order chi connectivity index (χ1) is 18.4. The number of allylic oxidation sites excluding steroid dienone is 1. The number of rotatable bonds is 6. The van der Waals surface area contributed by atoms with Gasteiger partial charge in [0.25, 0.3) is 0 Å². The zero-order valence-corrected chi connectivity index (χ0v) is 23.5. The molecule has 2 saturated carbocycles. The summed E-state index contributed by atoms with van der Waals surface area (Å²) < 4.78 is 36.0. The van der Waals surface area contributed by atoms with Gasteiger partial charge >= 0.3 is 17.9 Å². The molecule has 1 spiro atoms. The molecule has 3 aliphatic heterocycles. The summed E-state index contributed by atoms with van der Waals surface area (Å²) in [7, 11) is 0. The van der Waals surface area contributed by atoms with Gasteiger partial charge in [0.15, 0.2) is 6.10 Å². The highest BCUT2D eigenvalue weighted by Crippen LogP contribution is 2.70. The number of aliphatic hydroxyl groups excluding tert-OH is 1. The van der Waals surface area contributed by atoms with Crippen molar-refractivity contribution in [2.75, 3.05) is 13.2 Å². The van der Waals surface area contributed by atoms with E-state index in [1.54, 1.807) is 26.2 Å². The van der Waals surface area contributed by atoms with Crippen molar-refractivity contribution in [3.05, 3.63) is 24.0 Å². The molecule has 2 saturated heterocycles. The molecule has 1 N–H and O–H groups in total. The van der Waals surface area contributed by atoms with Gasteiger partial charge < -0.3 is 33.5 Å². The van der Waals surface area contributed by atoms with Crippen molar-refractivity contribution in [1.82, 2.24) is 0 Å². The molecule has 216 valence electrons. The summed E-state index contributed by atoms with van der Waals surface area (Å²) in [4.78, 5) is 37.6. The minimum absolute atomic E-state index is 0.00233. The van der Waals surface area contributed by atoms with Gasteiger partial charge in [-0.05, 0) is 51.0 Å². The molecule has 0 amide bonds. The van der Waals surface area contributed by atoms with E-state index in [0.29, 0.717) is 12.0 Å². The van der Waals surface area contributed by atoms with Gasteiger partial charge in [0.05, 0.1) is 30.5 Å². The summed E-state index contributed by atoms with van der Waals surface area (Å²) in [6.45, 7) is 10.3. The second-order valence-electron chi connectivity index (χ2n) is 12.1. The lowest BCUT2D eigenvalue weighted by molar-refractivity contribution is -0.283. The molecule has 0 aromatic carbocycles. The highest BCUT2D eigenvalue weighted by Gasteiger charge is 2.81. The first-order valence-corrected chi connectivity index (χ1v) is 13.8. The second kappa shape index (κ2) is 9.89. The van der Waals surface area contributed by atoms with Crippen molar-refractivity contribution < 1.29 is 47.9 Å². The van der Waals surface area contributed by atoms with Crippen LogP contribution in [-0.2, 0) is 42.8 Å². The largest absolute Gasteiger partial charge is 0.472 e. The van der Waals surface area contributed by atoms with E-state index in [0.717, 1.165) is 6.42 Å². The third-order valence-corrected chi connectivity index (χ3v) is 10.3. The van der Waals surface area contributed by atoms with E-state index in [2.05, 4.69) is 13.8 Å². The summed E-state index contributed by atoms with van der Waals surface area (Å²) in [6, 6.07) is 0. The smallest absolute Gasteiger partial charge is 0.333 e. The van der Waals surface area contributed by atoms with E-state index < -0.39 is 52.7 Å². The lowest BCUT2D eigenvalue weighted by atomic mass is 9.41. The van der Waals surface area contributed by atoms with E-state index in [1.807, 2.05) is 6.08 Å². The fourth-order valence-electron chi connectivity index (χ4n) is 7.93. The van der Waals surface area contributed by atoms with E-state index in [4.69, 9.17) is 28.4 Å². The minimum Gasteiger partial charge on any atom is -0.472 e. The van der Waals surface area contributed by atoms with Gasteiger partial charge in [-0.2, -0.15) is 0 Å². The molecule has 10 heteroatoms. The second-order valence-corrected chi connectivity index (χ2v) is 12.1. The van der Waals surface area contributed by atoms with Crippen molar-refractivity contribution in [2.24, 2.45) is 28.6 Å². The molecule has 0 aromatic rings. The molecule has 11 atom stereocenters. The third kappa shape index (κ3) is 4.21. The summed E-state index contributed by atoms with van der Waals surface area (Å²) in [6.07, 6.45) is 3.29. The normalized spacial score (nSPS) is 46.2. The Morgan fingerprint density at radius 1 is 1.10 bits per heavy atom. The molecule has 5 rings (SSSR count). The van der Waals surface area contributed by atoms with E-state index in [1.165, 1.54) is 13.8 Å². The molecule has 0 aromatic heterocycles. The summed E-state index contributed by atoms with van der Waals surface area (Å²) in [5.41, 5.74) is -2.48. The fraction of sp³-hybridized carbons (Fsp3) is 0.759. The van der Waals surface area contributed by atoms with Crippen LogP contribution in [0.4, 0.5) is 0 Å². The average molecular weight is 549 g/mol. The quantitative estimate of drug-likeness (QED) is 0.229. The van der Waals surface area contributed by atoms with Gasteiger partial charge in [0.2, 0.25) is 6.29 Å². The number of fused-ring (bicyclic) bond motifs is 3. The number of esters is 3. The maximum atomic E-state index is 12.9. The Balaban J connectivity index is 1.64. The standard InChI is InChI=1S/C29H40O10/c1-7-15(2)25(33)39-24-20(32)12-21-27(6,22-11-19-8-9-34-26(19)38-22)16(3)10-23(37-18(5)31)28(21,13-35-17(4)30)29(24)14-36-29/h7-9,16,19-24,26,32H,10-14H2,1-6H3/b15-7+/t16-,19-,20-,21-,22?,23+,24+,26+,27+,28+,29?/m1/s1. The summed E-state index contributed by atoms with van der Waals surface area (Å²) in [5.74, 6) is -1.79. The number of hydrogen-bond acceptors (Lipinski definition) is 10. The van der Waals surface area contributed by atoms with Gasteiger partial charge in [-0.1, -0.05) is 19.9 Å². The van der Waals surface area contributed by atoms with Crippen LogP contribution in [0.15, 0.2) is 24.0 Å². The molecular formula is C29H40O10. The summed E-state index contributed by atoms with van der Waals surface area (Å²) in [5, 5.41) is 11.6. The maximum absolute atomic E-state index is 12.9. The van der Waals surface area contributed by atoms with Gasteiger partial charge in [-0.3, -0.25) is 9.59 Å². The topological polar surface area (TPSA) is 130 Å². The van der Waals surface area contributed by atoms with Crippen molar-refractivity contribution in [3.63, 3.8) is 0 Å². The van der Waals surface area contributed by atoms with Crippen LogP contribution in [0.1, 0.15) is 60.8 Å². The number of carbonyl (C=O) groups is 3. The van der Waals surface area contributed by atoms with Gasteiger partial charge in [0.1, 0.15) is 18.3 Å². The fourth-order valence-corrected chi connectivity index (χ4v) is 7.93. The molecule has 2 aliphatic carbocycles. The number of carbonyl (C=O) groups excluding carboxylic acids is 3. The van der Waals surface area contributed by atoms with Gasteiger partial charge in [0, 0.05) is 30.8 Å². The zero-order valence-electron chi connectivity index (χ0n) is 23.5. The maximum Gasteiger partial charge on any atom is 0.333 e. The molecule has 2 unspecified atom stereocenters. The van der Waals surface area contributed by atoms with Crippen molar-refractivity contribution in [3.8, 4) is 0 Å². The molecule has 39 heavy (non-hydrogen) atoms. The Morgan fingerprint density at radius 3 is 2.41 bits per heavy atom. The Morgan fingerprint density at radius 2 is 1.82 bits per heavy atom. The minimum atomic E-state index is -1.22. The SMILES string of the molecule is C/C=C(\C)C(=O)O[C@H]1[C@H](O)C[C@@H]2[C@@](C)(C3C[C@H]4C=CO[C@H]4O3)[C@H](C)C[C@H](OC(C)=O)[C@@]2(COC(C)=O)C12CO2. The van der Waals surface area contributed by atoms with Crippen LogP contribution in [0, 0.1) is 28.6 Å². The third-order valence-electron chi connectivity index (χ3n) is 10.3. The molecule has 4 fully saturated rings. The molecular weight excluding hydrogens is 508 g/mol. The Hall–Kier alpha value is -2.43. The first kappa shape index (κ1) is 28.1. The number of ether oxygens (including phenoxy) is 6. The molecule has 0 bridgehead atoms. The predicted molar refractivity (Wildman–Crippen MR) is 136 cm³/mol. The molecule has 5 aliphatic rings. The van der Waals surface area contributed by atoms with E-state index in [9.17, 15) is 19.5 Å². The summed E-state index contributed by atoms with van der Waals surface area (Å²) >= 11 is 0. The molecule has 3 heterocycles. The molecule has 10 nitrogen and oxygen atoms in total. The van der Waals surface area contributed by atoms with Crippen molar-refractivity contribution >= 4 is 17.9 Å². The number of aliphatic hydroxyl groups is 1. The lowest BCUT2D eigenvalue weighted by Gasteiger charge is -2.65. The van der Waals surface area contributed by atoms with E-state index >= 15 is 0 Å². The van der Waals surface area contributed by atoms with Gasteiger partial charge in [-0.25, -0.2) is 4.79 Å². The highest BCUT2D eigenvalue weighted by atomic mass is 16.7. The zero-order chi connectivity index (χ0) is 28.3. The van der Waals surface area contributed by atoms with Crippen LogP contribution < -0.4 is 0 Å². The van der Waals surface area contributed by atoms with Crippen molar-refractivity contribution in [1.29, 1.82) is 0 Å². The first-order valence-electron chi connectivity index (χ1n) is 13.8. The number of epoxide rings is 1. The van der Waals surface area contributed by atoms with Crippen molar-refractivity contribution in [2.45, 2.75) is 97.1 Å². The Kier molecular flexibility index (Phi) is 7.13. The van der Waals surface area contributed by atoms with Crippen LogP contribution in [0.5, 0.6) is 0 Å². The van der Waals surface area contributed by atoms with Crippen LogP contribution >= 0.6 is 0 Å². The molecule has 0 radical (unpaired) electrons. The van der Waals surface area contributed by atoms with Crippen LogP contribution in [0.2, 0.25) is 0 Å². The Labute approximate surface area is 229 Å². The Bertz CT molecular complexity index is 1080. The van der Waals surface area contributed by atoms with Gasteiger partial charge in [-0.15, -0.1) is 0 Å². The van der Waals surface area contributed by atoms with Crippen LogP contribution in [0.3, 0.4) is 0 Å². The lowest BCUT2D eigenvalue weighted by Crippen LogP contribution is -2.74. The predicted octanol–water partition coefficient (Wildman–Crippen LogP) is 2.82. The van der Waals surface area contributed by atoms with Crippen LogP contribution in [0.25, 0.3) is 0 Å². The average Bonchev–Trinajstić information content (AvgIpc) is 3.36.